The van der Waals surface area contributed by atoms with E-state index in [0.717, 1.165) is 28.0 Å². The molecule has 0 saturated heterocycles. The number of thiophene rings is 1. The standard InChI is InChI=1S/C20H24N4O3S3/c1-13(18(25)22-12-14-6-7-16(26-2)17(11-14)27-3)29-20-24-23-19(30-20)21-9-8-15-5-4-10-28-15/h4-7,10-11,13H,8-9,12H2,1-3H3,(H,21,23)(H,22,25). The van der Waals surface area contributed by atoms with Gasteiger partial charge in [0.2, 0.25) is 11.0 Å². The molecule has 2 aromatic heterocycles. The van der Waals surface area contributed by atoms with Crippen LogP contribution in [0.3, 0.4) is 0 Å². The third kappa shape index (κ3) is 6.35. The minimum atomic E-state index is -0.280. The molecule has 0 aliphatic carbocycles. The van der Waals surface area contributed by atoms with Gasteiger partial charge in [0.25, 0.3) is 0 Å². The molecule has 0 spiro atoms. The van der Waals surface area contributed by atoms with Gasteiger partial charge in [-0.15, -0.1) is 21.5 Å². The molecule has 2 N–H and O–H groups in total. The number of carbonyl (C=O) groups is 1. The van der Waals surface area contributed by atoms with Gasteiger partial charge >= 0.3 is 0 Å². The predicted octanol–water partition coefficient (Wildman–Crippen LogP) is 4.07. The van der Waals surface area contributed by atoms with Crippen LogP contribution in [0.5, 0.6) is 11.5 Å². The average Bonchev–Trinajstić information content (AvgIpc) is 3.44. The van der Waals surface area contributed by atoms with E-state index in [-0.39, 0.29) is 11.2 Å². The number of ether oxygens (including phenoxy) is 2. The van der Waals surface area contributed by atoms with Crippen LogP contribution in [-0.4, -0.2) is 42.1 Å². The third-order valence-electron chi connectivity index (χ3n) is 4.20. The number of carbonyl (C=O) groups excluding carboxylic acids is 1. The topological polar surface area (TPSA) is 85.4 Å². The molecule has 0 bridgehead atoms. The molecule has 1 unspecified atom stereocenters. The maximum absolute atomic E-state index is 12.5. The fraction of sp³-hybridized carbons (Fsp3) is 0.350. The number of aromatic nitrogens is 2. The lowest BCUT2D eigenvalue weighted by Gasteiger charge is -2.12. The molecule has 160 valence electrons. The number of nitrogens with one attached hydrogen (secondary N) is 2. The number of amides is 1. The molecule has 0 aliphatic rings. The summed E-state index contributed by atoms with van der Waals surface area (Å²) >= 11 is 4.61. The Bertz CT molecular complexity index is 947. The van der Waals surface area contributed by atoms with E-state index in [1.54, 1.807) is 25.6 Å². The van der Waals surface area contributed by atoms with Gasteiger partial charge in [0, 0.05) is 18.0 Å². The fourth-order valence-corrected chi connectivity index (χ4v) is 5.26. The summed E-state index contributed by atoms with van der Waals surface area (Å²) in [5.41, 5.74) is 0.936. The van der Waals surface area contributed by atoms with Crippen LogP contribution in [0.4, 0.5) is 5.13 Å². The smallest absolute Gasteiger partial charge is 0.233 e. The highest BCUT2D eigenvalue weighted by Crippen LogP contribution is 2.30. The summed E-state index contributed by atoms with van der Waals surface area (Å²) in [6.45, 7) is 3.08. The van der Waals surface area contributed by atoms with E-state index < -0.39 is 0 Å². The number of rotatable bonds is 11. The Balaban J connectivity index is 1.44. The summed E-state index contributed by atoms with van der Waals surface area (Å²) in [6, 6.07) is 9.76. The molecule has 1 aromatic carbocycles. The number of nitrogens with zero attached hydrogens (tertiary/aromatic N) is 2. The van der Waals surface area contributed by atoms with Crippen molar-refractivity contribution in [3.63, 3.8) is 0 Å². The van der Waals surface area contributed by atoms with Crippen LogP contribution in [0.2, 0.25) is 0 Å². The predicted molar refractivity (Wildman–Crippen MR) is 123 cm³/mol. The first-order chi connectivity index (χ1) is 14.6. The fourth-order valence-electron chi connectivity index (χ4n) is 2.60. The number of hydrogen-bond donors (Lipinski definition) is 2. The molecule has 7 nitrogen and oxygen atoms in total. The normalized spacial score (nSPS) is 11.7. The van der Waals surface area contributed by atoms with Crippen molar-refractivity contribution in [3.05, 3.63) is 46.2 Å². The molecule has 3 rings (SSSR count). The van der Waals surface area contributed by atoms with Gasteiger partial charge < -0.3 is 20.1 Å². The minimum Gasteiger partial charge on any atom is -0.493 e. The van der Waals surface area contributed by atoms with Gasteiger partial charge in [0.15, 0.2) is 15.8 Å². The summed E-state index contributed by atoms with van der Waals surface area (Å²) in [6.07, 6.45) is 0.953. The highest BCUT2D eigenvalue weighted by atomic mass is 32.2. The Kier molecular flexibility index (Phi) is 8.35. The molecule has 1 atom stereocenters. The SMILES string of the molecule is COc1ccc(CNC(=O)C(C)Sc2nnc(NCCc3cccs3)s2)cc1OC. The van der Waals surface area contributed by atoms with E-state index >= 15 is 0 Å². The van der Waals surface area contributed by atoms with Crippen LogP contribution in [0.1, 0.15) is 17.4 Å². The summed E-state index contributed by atoms with van der Waals surface area (Å²) in [7, 11) is 3.18. The Morgan fingerprint density at radius 3 is 2.77 bits per heavy atom. The lowest BCUT2D eigenvalue weighted by molar-refractivity contribution is -0.120. The lowest BCUT2D eigenvalue weighted by Crippen LogP contribution is -2.30. The summed E-state index contributed by atoms with van der Waals surface area (Å²) < 4.78 is 11.3. The summed E-state index contributed by atoms with van der Waals surface area (Å²) in [4.78, 5) is 13.8. The van der Waals surface area contributed by atoms with Crippen LogP contribution in [-0.2, 0) is 17.8 Å². The maximum atomic E-state index is 12.5. The van der Waals surface area contributed by atoms with Crippen molar-refractivity contribution in [2.45, 2.75) is 29.5 Å². The highest BCUT2D eigenvalue weighted by molar-refractivity contribution is 8.02. The van der Waals surface area contributed by atoms with E-state index in [9.17, 15) is 4.79 Å². The molecule has 0 fully saturated rings. The van der Waals surface area contributed by atoms with E-state index in [2.05, 4.69) is 38.3 Å². The van der Waals surface area contributed by atoms with Gasteiger partial charge in [-0.1, -0.05) is 35.2 Å². The van der Waals surface area contributed by atoms with Crippen molar-refractivity contribution in [1.29, 1.82) is 0 Å². The van der Waals surface area contributed by atoms with Gasteiger partial charge in [-0.3, -0.25) is 4.79 Å². The summed E-state index contributed by atoms with van der Waals surface area (Å²) in [5, 5.41) is 17.1. The molecule has 2 heterocycles. The zero-order valence-electron chi connectivity index (χ0n) is 17.0. The van der Waals surface area contributed by atoms with Crippen LogP contribution < -0.4 is 20.1 Å². The van der Waals surface area contributed by atoms with Crippen LogP contribution in [0.25, 0.3) is 0 Å². The zero-order chi connectivity index (χ0) is 21.3. The molecule has 30 heavy (non-hydrogen) atoms. The molecule has 1 amide bonds. The monoisotopic (exact) mass is 464 g/mol. The number of anilines is 1. The Hall–Kier alpha value is -2.30. The maximum Gasteiger partial charge on any atom is 0.233 e. The van der Waals surface area contributed by atoms with Gasteiger partial charge in [-0.05, 0) is 42.5 Å². The van der Waals surface area contributed by atoms with E-state index in [4.69, 9.17) is 9.47 Å². The van der Waals surface area contributed by atoms with Crippen molar-refractivity contribution < 1.29 is 14.3 Å². The van der Waals surface area contributed by atoms with Crippen molar-refractivity contribution in [2.75, 3.05) is 26.1 Å². The van der Waals surface area contributed by atoms with Crippen molar-refractivity contribution in [2.24, 2.45) is 0 Å². The van der Waals surface area contributed by atoms with Crippen molar-refractivity contribution >= 4 is 45.5 Å². The number of hydrogen-bond acceptors (Lipinski definition) is 9. The Labute approximate surface area is 188 Å². The highest BCUT2D eigenvalue weighted by Gasteiger charge is 2.17. The van der Waals surface area contributed by atoms with E-state index in [0.29, 0.717) is 18.0 Å². The third-order valence-corrected chi connectivity index (χ3v) is 7.20. The van der Waals surface area contributed by atoms with Gasteiger partial charge in [0.1, 0.15) is 0 Å². The first-order valence-corrected chi connectivity index (χ1v) is 11.9. The van der Waals surface area contributed by atoms with E-state index in [1.165, 1.54) is 28.0 Å². The van der Waals surface area contributed by atoms with Crippen LogP contribution >= 0.6 is 34.4 Å². The van der Waals surface area contributed by atoms with E-state index in [1.807, 2.05) is 25.1 Å². The Morgan fingerprint density at radius 1 is 1.20 bits per heavy atom. The second-order valence-electron chi connectivity index (χ2n) is 6.30. The quantitative estimate of drug-likeness (QED) is 0.414. The number of methoxy groups -OCH3 is 2. The largest absolute Gasteiger partial charge is 0.493 e. The first-order valence-electron chi connectivity index (χ1n) is 9.34. The molecular formula is C20H24N4O3S3. The van der Waals surface area contributed by atoms with Crippen LogP contribution in [0, 0.1) is 0 Å². The molecular weight excluding hydrogens is 440 g/mol. The number of benzene rings is 1. The Morgan fingerprint density at radius 2 is 2.03 bits per heavy atom. The first kappa shape index (κ1) is 22.4. The minimum absolute atomic E-state index is 0.0582. The molecule has 3 aromatic rings. The second kappa shape index (κ2) is 11.2. The van der Waals surface area contributed by atoms with Crippen molar-refractivity contribution in [1.82, 2.24) is 15.5 Å². The van der Waals surface area contributed by atoms with Gasteiger partial charge in [-0.25, -0.2) is 0 Å². The number of thioether (sulfide) groups is 1. The molecule has 0 radical (unpaired) electrons. The second-order valence-corrected chi connectivity index (χ2v) is 9.89. The van der Waals surface area contributed by atoms with Crippen LogP contribution in [0.15, 0.2) is 40.1 Å². The summed E-state index contributed by atoms with van der Waals surface area (Å²) in [5.74, 6) is 1.24. The molecule has 10 heteroatoms. The van der Waals surface area contributed by atoms with Gasteiger partial charge in [-0.2, -0.15) is 0 Å². The molecule has 0 aliphatic heterocycles. The molecule has 0 saturated carbocycles. The zero-order valence-corrected chi connectivity index (χ0v) is 19.5. The lowest BCUT2D eigenvalue weighted by atomic mass is 10.2. The average molecular weight is 465 g/mol. The van der Waals surface area contributed by atoms with Crippen molar-refractivity contribution in [3.8, 4) is 11.5 Å². The van der Waals surface area contributed by atoms with Gasteiger partial charge in [0.05, 0.1) is 19.5 Å².